The highest BCUT2D eigenvalue weighted by Gasteiger charge is 2.34. The first-order chi connectivity index (χ1) is 18.2. The van der Waals surface area contributed by atoms with Gasteiger partial charge in [-0.05, 0) is 55.7 Å². The number of amides is 2. The predicted octanol–water partition coefficient (Wildman–Crippen LogP) is 5.17. The first kappa shape index (κ1) is 29.5. The van der Waals surface area contributed by atoms with E-state index < -0.39 is 28.5 Å². The fraction of sp³-hybridized carbons (Fsp3) is 0.286. The number of nitrogens with zero attached hydrogens (tertiary/aromatic N) is 2. The SMILES string of the molecule is CCNC(=O)[C@H](CC)N(CCc1ccccc1)C(=O)CN(c1ccc(Cl)cc1Cl)S(=O)(=O)c1ccccc1. The number of sulfonamides is 1. The average molecular weight is 577 g/mol. The summed E-state index contributed by atoms with van der Waals surface area (Å²) in [5, 5.41) is 3.19. The molecule has 0 bridgehead atoms. The lowest BCUT2D eigenvalue weighted by Gasteiger charge is -2.33. The lowest BCUT2D eigenvalue weighted by Crippen LogP contribution is -2.53. The van der Waals surface area contributed by atoms with Gasteiger partial charge in [-0.25, -0.2) is 8.42 Å². The highest BCUT2D eigenvalue weighted by molar-refractivity contribution is 7.92. The van der Waals surface area contributed by atoms with Crippen LogP contribution in [0.2, 0.25) is 10.0 Å². The highest BCUT2D eigenvalue weighted by Crippen LogP contribution is 2.33. The van der Waals surface area contributed by atoms with Crippen LogP contribution in [0.4, 0.5) is 5.69 Å². The van der Waals surface area contributed by atoms with Crippen LogP contribution in [0.15, 0.2) is 83.8 Å². The van der Waals surface area contributed by atoms with E-state index in [9.17, 15) is 18.0 Å². The Balaban J connectivity index is 2.02. The van der Waals surface area contributed by atoms with Crippen LogP contribution in [-0.2, 0) is 26.0 Å². The van der Waals surface area contributed by atoms with E-state index in [-0.39, 0.29) is 28.1 Å². The van der Waals surface area contributed by atoms with Gasteiger partial charge in [0.15, 0.2) is 0 Å². The van der Waals surface area contributed by atoms with Crippen molar-refractivity contribution in [3.8, 4) is 0 Å². The van der Waals surface area contributed by atoms with Gasteiger partial charge in [-0.2, -0.15) is 0 Å². The number of hydrogen-bond donors (Lipinski definition) is 1. The monoisotopic (exact) mass is 575 g/mol. The normalized spacial score (nSPS) is 12.0. The van der Waals surface area contributed by atoms with Gasteiger partial charge in [0.2, 0.25) is 11.8 Å². The topological polar surface area (TPSA) is 86.8 Å². The Labute approximate surface area is 234 Å². The molecule has 1 atom stereocenters. The standard InChI is InChI=1S/C28H31Cl2N3O4S/c1-3-25(28(35)31-4-2)32(18-17-21-11-7-5-8-12-21)27(34)20-33(26-16-15-22(29)19-24(26)30)38(36,37)23-13-9-6-10-14-23/h5-16,19,25H,3-4,17-18,20H2,1-2H3,(H,31,35)/t25-/m0/s1. The van der Waals surface area contributed by atoms with Crippen molar-refractivity contribution in [3.63, 3.8) is 0 Å². The van der Waals surface area contributed by atoms with Crippen LogP contribution in [0.3, 0.4) is 0 Å². The molecule has 0 aliphatic rings. The molecular weight excluding hydrogens is 545 g/mol. The average Bonchev–Trinajstić information content (AvgIpc) is 2.91. The molecule has 0 heterocycles. The van der Waals surface area contributed by atoms with Gasteiger partial charge in [-0.3, -0.25) is 13.9 Å². The first-order valence-electron chi connectivity index (χ1n) is 12.3. The molecule has 0 aromatic heterocycles. The van der Waals surface area contributed by atoms with Gasteiger partial charge < -0.3 is 10.2 Å². The van der Waals surface area contributed by atoms with Crippen LogP contribution >= 0.6 is 23.2 Å². The van der Waals surface area contributed by atoms with Crippen LogP contribution in [0, 0.1) is 0 Å². The Morgan fingerprint density at radius 1 is 0.921 bits per heavy atom. The van der Waals surface area contributed by atoms with Crippen molar-refractivity contribution in [1.29, 1.82) is 0 Å². The summed E-state index contributed by atoms with van der Waals surface area (Å²) < 4.78 is 28.5. The number of rotatable bonds is 12. The number of hydrogen-bond acceptors (Lipinski definition) is 4. The van der Waals surface area contributed by atoms with Crippen molar-refractivity contribution in [2.75, 3.05) is 23.9 Å². The van der Waals surface area contributed by atoms with E-state index in [2.05, 4.69) is 5.32 Å². The molecular formula is C28H31Cl2N3O4S. The second-order valence-corrected chi connectivity index (χ2v) is 11.3. The number of carbonyl (C=O) groups excluding carboxylic acids is 2. The summed E-state index contributed by atoms with van der Waals surface area (Å²) >= 11 is 12.5. The Morgan fingerprint density at radius 3 is 2.13 bits per heavy atom. The molecule has 0 aliphatic heterocycles. The van der Waals surface area contributed by atoms with Crippen LogP contribution in [-0.4, -0.2) is 50.8 Å². The summed E-state index contributed by atoms with van der Waals surface area (Å²) in [5.74, 6) is -0.817. The molecule has 0 aliphatic carbocycles. The number of carbonyl (C=O) groups is 2. The Morgan fingerprint density at radius 2 is 1.55 bits per heavy atom. The molecule has 0 saturated carbocycles. The van der Waals surface area contributed by atoms with Crippen molar-refractivity contribution in [2.24, 2.45) is 0 Å². The lowest BCUT2D eigenvalue weighted by molar-refractivity contribution is -0.139. The van der Waals surface area contributed by atoms with Crippen molar-refractivity contribution < 1.29 is 18.0 Å². The van der Waals surface area contributed by atoms with Gasteiger partial charge in [0.1, 0.15) is 12.6 Å². The van der Waals surface area contributed by atoms with E-state index in [1.807, 2.05) is 37.3 Å². The molecule has 3 rings (SSSR count). The van der Waals surface area contributed by atoms with Crippen molar-refractivity contribution in [2.45, 2.75) is 37.6 Å². The maximum absolute atomic E-state index is 13.9. The zero-order chi connectivity index (χ0) is 27.7. The number of nitrogens with one attached hydrogen (secondary N) is 1. The smallest absolute Gasteiger partial charge is 0.264 e. The molecule has 10 heteroatoms. The summed E-state index contributed by atoms with van der Waals surface area (Å²) in [4.78, 5) is 28.3. The molecule has 2 amide bonds. The number of halogens is 2. The molecule has 0 unspecified atom stereocenters. The third-order valence-electron chi connectivity index (χ3n) is 6.01. The second-order valence-electron chi connectivity index (χ2n) is 8.56. The van der Waals surface area contributed by atoms with Gasteiger partial charge in [0.25, 0.3) is 10.0 Å². The van der Waals surface area contributed by atoms with Crippen LogP contribution in [0.5, 0.6) is 0 Å². The molecule has 0 saturated heterocycles. The largest absolute Gasteiger partial charge is 0.355 e. The van der Waals surface area contributed by atoms with E-state index in [4.69, 9.17) is 23.2 Å². The fourth-order valence-corrected chi connectivity index (χ4v) is 6.12. The minimum absolute atomic E-state index is 0.00502. The minimum Gasteiger partial charge on any atom is -0.355 e. The van der Waals surface area contributed by atoms with Crippen LogP contribution in [0.25, 0.3) is 0 Å². The van der Waals surface area contributed by atoms with Crippen molar-refractivity contribution >= 4 is 50.7 Å². The maximum atomic E-state index is 13.9. The van der Waals surface area contributed by atoms with Gasteiger partial charge in [0.05, 0.1) is 15.6 Å². The van der Waals surface area contributed by atoms with E-state index in [0.29, 0.717) is 24.4 Å². The molecule has 0 radical (unpaired) electrons. The van der Waals surface area contributed by atoms with Gasteiger partial charge >= 0.3 is 0 Å². The van der Waals surface area contributed by atoms with E-state index in [1.165, 1.54) is 35.2 Å². The number of likely N-dealkylation sites (N-methyl/N-ethyl adjacent to an activating group) is 1. The Bertz CT molecular complexity index is 1340. The molecule has 1 N–H and O–H groups in total. The highest BCUT2D eigenvalue weighted by atomic mass is 35.5. The van der Waals surface area contributed by atoms with Gasteiger partial charge in [0, 0.05) is 18.1 Å². The maximum Gasteiger partial charge on any atom is 0.264 e. The predicted molar refractivity (Wildman–Crippen MR) is 152 cm³/mol. The fourth-order valence-electron chi connectivity index (χ4n) is 4.10. The van der Waals surface area contributed by atoms with Gasteiger partial charge in [-0.15, -0.1) is 0 Å². The summed E-state index contributed by atoms with van der Waals surface area (Å²) in [6.07, 6.45) is 0.856. The van der Waals surface area contributed by atoms with Gasteiger partial charge in [-0.1, -0.05) is 78.7 Å². The summed E-state index contributed by atoms with van der Waals surface area (Å²) in [6, 6.07) is 21.0. The Kier molecular flexibility index (Phi) is 10.6. The molecule has 3 aromatic rings. The Hall–Kier alpha value is -3.07. The number of benzene rings is 3. The van der Waals surface area contributed by atoms with Crippen molar-refractivity contribution in [1.82, 2.24) is 10.2 Å². The first-order valence-corrected chi connectivity index (χ1v) is 14.5. The molecule has 3 aromatic carbocycles. The summed E-state index contributed by atoms with van der Waals surface area (Å²) in [5.41, 5.74) is 1.10. The van der Waals surface area contributed by atoms with E-state index >= 15 is 0 Å². The zero-order valence-electron chi connectivity index (χ0n) is 21.3. The van der Waals surface area contributed by atoms with Crippen molar-refractivity contribution in [3.05, 3.63) is 94.5 Å². The second kappa shape index (κ2) is 13.6. The van der Waals surface area contributed by atoms with E-state index in [1.54, 1.807) is 25.1 Å². The molecule has 0 spiro atoms. The molecule has 7 nitrogen and oxygen atoms in total. The summed E-state index contributed by atoms with van der Waals surface area (Å²) in [7, 11) is -4.19. The zero-order valence-corrected chi connectivity index (χ0v) is 23.6. The van der Waals surface area contributed by atoms with E-state index in [0.717, 1.165) is 9.87 Å². The van der Waals surface area contributed by atoms with Crippen LogP contribution < -0.4 is 9.62 Å². The number of anilines is 1. The molecule has 38 heavy (non-hydrogen) atoms. The quantitative estimate of drug-likeness (QED) is 0.322. The van der Waals surface area contributed by atoms with Crippen LogP contribution in [0.1, 0.15) is 25.8 Å². The third kappa shape index (κ3) is 7.28. The lowest BCUT2D eigenvalue weighted by atomic mass is 10.1. The third-order valence-corrected chi connectivity index (χ3v) is 8.32. The minimum atomic E-state index is -4.19. The molecule has 0 fully saturated rings. The molecule has 202 valence electrons. The summed E-state index contributed by atoms with van der Waals surface area (Å²) in [6.45, 7) is 3.70.